The van der Waals surface area contributed by atoms with Crippen LogP contribution in [-0.2, 0) is 14.3 Å². The summed E-state index contributed by atoms with van der Waals surface area (Å²) in [6.07, 6.45) is 89.4. The fourth-order valence-electron chi connectivity index (χ4n) is 11.4. The van der Waals surface area contributed by atoms with Crippen LogP contribution in [0.15, 0.2) is 36.5 Å². The first-order valence-corrected chi connectivity index (χ1v) is 36.3. The second-order valence-corrected chi connectivity index (χ2v) is 24.9. The number of amides is 1. The van der Waals surface area contributed by atoms with E-state index in [0.29, 0.717) is 19.4 Å². The van der Waals surface area contributed by atoms with Gasteiger partial charge in [-0.1, -0.05) is 359 Å². The Morgan fingerprint density at radius 2 is 0.625 bits per heavy atom. The summed E-state index contributed by atoms with van der Waals surface area (Å²) < 4.78 is 5.51. The highest BCUT2D eigenvalue weighted by Gasteiger charge is 2.18. The third kappa shape index (κ3) is 65.2. The van der Waals surface area contributed by atoms with E-state index in [2.05, 4.69) is 43.5 Å². The third-order valence-corrected chi connectivity index (χ3v) is 16.9. The van der Waals surface area contributed by atoms with Gasteiger partial charge in [-0.05, 0) is 64.2 Å². The number of carbonyl (C=O) groups is 2. The van der Waals surface area contributed by atoms with Crippen LogP contribution in [0.5, 0.6) is 0 Å². The highest BCUT2D eigenvalue weighted by Crippen LogP contribution is 2.19. The van der Waals surface area contributed by atoms with Gasteiger partial charge in [0.15, 0.2) is 0 Å². The number of hydrogen-bond acceptors (Lipinski definition) is 5. The van der Waals surface area contributed by atoms with E-state index < -0.39 is 12.1 Å². The van der Waals surface area contributed by atoms with Crippen LogP contribution in [0.3, 0.4) is 0 Å². The second kappa shape index (κ2) is 69.6. The molecule has 0 saturated heterocycles. The molecular weight excluding hydrogens is 983 g/mol. The zero-order valence-electron chi connectivity index (χ0n) is 54.1. The number of carbonyl (C=O) groups excluding carboxylic acids is 2. The smallest absolute Gasteiger partial charge is 0.305 e. The summed E-state index contributed by atoms with van der Waals surface area (Å²) in [4.78, 5) is 24.6. The number of hydrogen-bond donors (Lipinski definition) is 3. The molecule has 0 rings (SSSR count). The molecule has 0 spiro atoms. The normalized spacial score (nSPS) is 12.7. The van der Waals surface area contributed by atoms with Crippen molar-refractivity contribution in [3.05, 3.63) is 36.5 Å². The average Bonchev–Trinajstić information content (AvgIpc) is 3.46. The predicted molar refractivity (Wildman–Crippen MR) is 352 cm³/mol. The van der Waals surface area contributed by atoms with Crippen LogP contribution in [0.4, 0.5) is 0 Å². The zero-order valence-corrected chi connectivity index (χ0v) is 54.1. The van der Waals surface area contributed by atoms with Gasteiger partial charge in [-0.3, -0.25) is 9.59 Å². The Morgan fingerprint density at radius 3 is 0.975 bits per heavy atom. The quantitative estimate of drug-likeness (QED) is 0.0320. The summed E-state index contributed by atoms with van der Waals surface area (Å²) >= 11 is 0. The van der Waals surface area contributed by atoms with Gasteiger partial charge < -0.3 is 20.3 Å². The molecule has 472 valence electrons. The average molecular weight is 1120 g/mol. The third-order valence-electron chi connectivity index (χ3n) is 16.9. The van der Waals surface area contributed by atoms with Crippen LogP contribution in [0.1, 0.15) is 399 Å². The molecule has 1 amide bonds. The van der Waals surface area contributed by atoms with E-state index in [4.69, 9.17) is 4.74 Å². The Bertz CT molecular complexity index is 1300. The second-order valence-electron chi connectivity index (χ2n) is 24.9. The molecule has 0 saturated carbocycles. The molecule has 0 fully saturated rings. The van der Waals surface area contributed by atoms with Gasteiger partial charge in [-0.25, -0.2) is 0 Å². The summed E-state index contributed by atoms with van der Waals surface area (Å²) in [5.74, 6) is -0.0500. The minimum absolute atomic E-state index is 0.0128. The maximum Gasteiger partial charge on any atom is 0.305 e. The summed E-state index contributed by atoms with van der Waals surface area (Å²) in [5.41, 5.74) is 0. The van der Waals surface area contributed by atoms with E-state index >= 15 is 0 Å². The fraction of sp³-hybridized carbons (Fsp3) is 0.892. The summed E-state index contributed by atoms with van der Waals surface area (Å²) in [5, 5.41) is 23.2. The minimum atomic E-state index is -0.844. The van der Waals surface area contributed by atoms with Gasteiger partial charge in [-0.2, -0.15) is 0 Å². The Morgan fingerprint density at radius 1 is 0.350 bits per heavy atom. The SMILES string of the molecule is CCCCC/C=C\C/C=C\CCCCCCCCCCCC(=O)OCCCCCCCCCCCCCCCCCCCCCCCCCCCC(=O)NC(CO)C(O)/C=C/CCCCCCCCCCCCCCCCCCC. The molecule has 0 bridgehead atoms. The first kappa shape index (κ1) is 78.1. The topological polar surface area (TPSA) is 95.9 Å². The van der Waals surface area contributed by atoms with Crippen molar-refractivity contribution >= 4 is 11.9 Å². The number of rotatable bonds is 68. The first-order valence-electron chi connectivity index (χ1n) is 36.3. The van der Waals surface area contributed by atoms with Crippen molar-refractivity contribution in [1.82, 2.24) is 5.32 Å². The largest absolute Gasteiger partial charge is 0.466 e. The number of unbranched alkanes of at least 4 members (excludes halogenated alkanes) is 53. The fourth-order valence-corrected chi connectivity index (χ4v) is 11.4. The number of allylic oxidation sites excluding steroid dienone is 5. The Kier molecular flexibility index (Phi) is 67.9. The van der Waals surface area contributed by atoms with Crippen LogP contribution in [0.2, 0.25) is 0 Å². The lowest BCUT2D eigenvalue weighted by Gasteiger charge is -2.20. The minimum Gasteiger partial charge on any atom is -0.466 e. The number of esters is 1. The Hall–Kier alpha value is -1.92. The van der Waals surface area contributed by atoms with Gasteiger partial charge in [0.2, 0.25) is 5.91 Å². The molecule has 0 aromatic rings. The molecule has 6 heteroatoms. The lowest BCUT2D eigenvalue weighted by Crippen LogP contribution is -2.45. The van der Waals surface area contributed by atoms with Crippen molar-refractivity contribution in [3.63, 3.8) is 0 Å². The van der Waals surface area contributed by atoms with Crippen LogP contribution >= 0.6 is 0 Å². The Balaban J connectivity index is 3.37. The molecule has 0 aromatic carbocycles. The first-order chi connectivity index (χ1) is 39.5. The van der Waals surface area contributed by atoms with E-state index in [1.54, 1.807) is 6.08 Å². The van der Waals surface area contributed by atoms with Crippen molar-refractivity contribution in [2.24, 2.45) is 0 Å². The number of nitrogens with one attached hydrogen (secondary N) is 1. The molecule has 6 nitrogen and oxygen atoms in total. The van der Waals surface area contributed by atoms with E-state index in [0.717, 1.165) is 51.4 Å². The van der Waals surface area contributed by atoms with Gasteiger partial charge in [0.05, 0.1) is 25.4 Å². The number of aliphatic hydroxyl groups is 2. The highest BCUT2D eigenvalue weighted by atomic mass is 16.5. The lowest BCUT2D eigenvalue weighted by atomic mass is 10.0. The van der Waals surface area contributed by atoms with Gasteiger partial charge in [0.25, 0.3) is 0 Å². The van der Waals surface area contributed by atoms with E-state index in [1.807, 2.05) is 6.08 Å². The van der Waals surface area contributed by atoms with Crippen molar-refractivity contribution in [1.29, 1.82) is 0 Å². The van der Waals surface area contributed by atoms with Crippen molar-refractivity contribution in [2.45, 2.75) is 411 Å². The van der Waals surface area contributed by atoms with E-state index in [9.17, 15) is 19.8 Å². The predicted octanol–water partition coefficient (Wildman–Crippen LogP) is 23.5. The zero-order chi connectivity index (χ0) is 57.8. The molecule has 0 aliphatic rings. The summed E-state index contributed by atoms with van der Waals surface area (Å²) in [6, 6.07) is -0.627. The maximum absolute atomic E-state index is 12.5. The van der Waals surface area contributed by atoms with Crippen molar-refractivity contribution in [2.75, 3.05) is 13.2 Å². The molecule has 0 aliphatic heterocycles. The molecule has 0 radical (unpaired) electrons. The molecular formula is C74H141NO5. The van der Waals surface area contributed by atoms with Gasteiger partial charge >= 0.3 is 5.97 Å². The van der Waals surface area contributed by atoms with Crippen molar-refractivity contribution in [3.8, 4) is 0 Å². The summed E-state index contributed by atoms with van der Waals surface area (Å²) in [7, 11) is 0. The number of aliphatic hydroxyl groups excluding tert-OH is 2. The molecule has 0 heterocycles. The lowest BCUT2D eigenvalue weighted by molar-refractivity contribution is -0.143. The summed E-state index contributed by atoms with van der Waals surface area (Å²) in [6.45, 7) is 4.92. The molecule has 0 aliphatic carbocycles. The maximum atomic E-state index is 12.5. The molecule has 80 heavy (non-hydrogen) atoms. The molecule has 0 aromatic heterocycles. The number of ether oxygens (including phenoxy) is 1. The highest BCUT2D eigenvalue weighted by molar-refractivity contribution is 5.76. The van der Waals surface area contributed by atoms with Crippen LogP contribution in [0, 0.1) is 0 Å². The van der Waals surface area contributed by atoms with Crippen LogP contribution in [-0.4, -0.2) is 47.4 Å². The van der Waals surface area contributed by atoms with Gasteiger partial charge in [0, 0.05) is 12.8 Å². The van der Waals surface area contributed by atoms with Crippen LogP contribution in [0.25, 0.3) is 0 Å². The van der Waals surface area contributed by atoms with Crippen molar-refractivity contribution < 1.29 is 24.5 Å². The monoisotopic (exact) mass is 1120 g/mol. The molecule has 3 N–H and O–H groups in total. The van der Waals surface area contributed by atoms with Gasteiger partial charge in [0.1, 0.15) is 0 Å². The van der Waals surface area contributed by atoms with E-state index in [-0.39, 0.29) is 18.5 Å². The molecule has 2 atom stereocenters. The Labute approximate surface area is 500 Å². The van der Waals surface area contributed by atoms with Crippen LogP contribution < -0.4 is 5.32 Å². The van der Waals surface area contributed by atoms with E-state index in [1.165, 1.54) is 321 Å². The van der Waals surface area contributed by atoms with Gasteiger partial charge in [-0.15, -0.1) is 0 Å². The molecule has 2 unspecified atom stereocenters. The standard InChI is InChI=1S/C74H141NO5/c1-3-5-7-9-11-13-15-17-19-21-30-34-38-42-46-50-54-58-62-66-72(77)71(70-76)75-73(78)67-63-59-55-51-47-43-39-35-32-28-26-24-23-25-27-29-33-37-41-45-49-53-57-61-65-69-80-74(79)68-64-60-56-52-48-44-40-36-31-22-20-18-16-14-12-10-8-6-4-2/h12,14,18,20,62,66,71-72,76-77H,3-11,13,15-17,19,21-61,63-65,67-70H2,1-2H3,(H,75,78)/b14-12-,20-18-,66-62+.